The fraction of sp³-hybridized carbons (Fsp3) is 0. The van der Waals surface area contributed by atoms with Gasteiger partial charge in [-0.05, 0) is 40.2 Å². The Hall–Kier alpha value is -1.43. The molecular formula is C15H7BrCl2F2N2. The van der Waals surface area contributed by atoms with Crippen LogP contribution in [0.3, 0.4) is 0 Å². The van der Waals surface area contributed by atoms with E-state index in [0.29, 0.717) is 21.4 Å². The summed E-state index contributed by atoms with van der Waals surface area (Å²) in [7, 11) is 0. The van der Waals surface area contributed by atoms with Gasteiger partial charge in [0.15, 0.2) is 0 Å². The van der Waals surface area contributed by atoms with Gasteiger partial charge < -0.3 is 0 Å². The molecule has 0 saturated heterocycles. The molecule has 0 bridgehead atoms. The molecule has 0 aliphatic rings. The van der Waals surface area contributed by atoms with E-state index >= 15 is 0 Å². The Morgan fingerprint density at radius 2 is 1.82 bits per heavy atom. The molecule has 1 heterocycles. The van der Waals surface area contributed by atoms with Crippen molar-refractivity contribution in [2.45, 2.75) is 0 Å². The van der Waals surface area contributed by atoms with Crippen molar-refractivity contribution in [3.8, 4) is 22.4 Å². The topological polar surface area (TPSA) is 28.7 Å². The Morgan fingerprint density at radius 3 is 2.55 bits per heavy atom. The highest BCUT2D eigenvalue weighted by Crippen LogP contribution is 2.39. The minimum absolute atomic E-state index is 0.00804. The molecule has 0 saturated carbocycles. The molecule has 2 nitrogen and oxygen atoms in total. The van der Waals surface area contributed by atoms with Gasteiger partial charge in [-0.3, -0.25) is 5.10 Å². The van der Waals surface area contributed by atoms with E-state index in [-0.39, 0.29) is 15.6 Å². The van der Waals surface area contributed by atoms with E-state index in [1.54, 1.807) is 12.1 Å². The average molecular weight is 404 g/mol. The normalized spacial score (nSPS) is 11.0. The van der Waals surface area contributed by atoms with Crippen LogP contribution in [-0.4, -0.2) is 10.2 Å². The molecule has 0 aliphatic carbocycles. The zero-order valence-electron chi connectivity index (χ0n) is 10.8. The van der Waals surface area contributed by atoms with Crippen LogP contribution in [0, 0.1) is 11.6 Å². The molecule has 0 radical (unpaired) electrons. The first-order chi connectivity index (χ1) is 10.5. The molecule has 3 rings (SSSR count). The second-order valence-electron chi connectivity index (χ2n) is 4.49. The van der Waals surface area contributed by atoms with Crippen LogP contribution in [-0.2, 0) is 0 Å². The van der Waals surface area contributed by atoms with Crippen LogP contribution in [0.2, 0.25) is 10.0 Å². The number of nitrogens with zero attached hydrogens (tertiary/aromatic N) is 1. The lowest BCUT2D eigenvalue weighted by Crippen LogP contribution is -1.89. The Kier molecular flexibility index (Phi) is 4.21. The molecule has 0 spiro atoms. The Morgan fingerprint density at radius 1 is 1.05 bits per heavy atom. The smallest absolute Gasteiger partial charge is 0.149 e. The van der Waals surface area contributed by atoms with E-state index in [2.05, 4.69) is 26.1 Å². The molecule has 0 amide bonds. The third-order valence-corrected chi connectivity index (χ3v) is 4.29. The standard InChI is InChI=1S/C15H7BrCl2F2N2/c16-15-12(8-2-1-3-9(17)13(8)20)14(21-22-15)7-4-5-11(19)10(18)6-7/h1-6H,(H,21,22). The monoisotopic (exact) mass is 402 g/mol. The molecule has 1 N–H and O–H groups in total. The molecular weight excluding hydrogens is 397 g/mol. The van der Waals surface area contributed by atoms with E-state index in [1.165, 1.54) is 24.3 Å². The summed E-state index contributed by atoms with van der Waals surface area (Å²) >= 11 is 14.9. The van der Waals surface area contributed by atoms with Crippen molar-refractivity contribution in [2.75, 3.05) is 0 Å². The summed E-state index contributed by atoms with van der Waals surface area (Å²) in [5, 5.41) is 6.85. The first-order valence-corrected chi connectivity index (χ1v) is 7.67. The highest BCUT2D eigenvalue weighted by molar-refractivity contribution is 9.10. The summed E-state index contributed by atoms with van der Waals surface area (Å²) in [6.07, 6.45) is 0. The van der Waals surface area contributed by atoms with Crippen molar-refractivity contribution in [1.82, 2.24) is 10.2 Å². The number of halogens is 5. The lowest BCUT2D eigenvalue weighted by atomic mass is 10.0. The van der Waals surface area contributed by atoms with Crippen LogP contribution >= 0.6 is 39.1 Å². The SMILES string of the molecule is Fc1ccc(-c2n[nH]c(Br)c2-c2cccc(Cl)c2F)cc1Cl. The Labute approximate surface area is 143 Å². The third kappa shape index (κ3) is 2.64. The van der Waals surface area contributed by atoms with Crippen molar-refractivity contribution >= 4 is 39.1 Å². The van der Waals surface area contributed by atoms with Gasteiger partial charge in [0.2, 0.25) is 0 Å². The predicted octanol–water partition coefficient (Wildman–Crippen LogP) is 6.09. The van der Waals surface area contributed by atoms with Crippen molar-refractivity contribution in [3.05, 3.63) is 62.7 Å². The Balaban J connectivity index is 2.24. The molecule has 0 unspecified atom stereocenters. The summed E-state index contributed by atoms with van der Waals surface area (Å²) < 4.78 is 28.1. The quantitative estimate of drug-likeness (QED) is 0.550. The molecule has 7 heteroatoms. The van der Waals surface area contributed by atoms with Gasteiger partial charge in [-0.25, -0.2) is 8.78 Å². The van der Waals surface area contributed by atoms with E-state index in [9.17, 15) is 8.78 Å². The fourth-order valence-electron chi connectivity index (χ4n) is 2.12. The maximum Gasteiger partial charge on any atom is 0.149 e. The number of hydrogen-bond acceptors (Lipinski definition) is 1. The fourth-order valence-corrected chi connectivity index (χ4v) is 2.96. The predicted molar refractivity (Wildman–Crippen MR) is 87.1 cm³/mol. The van der Waals surface area contributed by atoms with Gasteiger partial charge in [-0.1, -0.05) is 35.3 Å². The maximum absolute atomic E-state index is 14.3. The van der Waals surface area contributed by atoms with Gasteiger partial charge in [0.05, 0.1) is 10.0 Å². The van der Waals surface area contributed by atoms with Crippen LogP contribution in [0.25, 0.3) is 22.4 Å². The lowest BCUT2D eigenvalue weighted by molar-refractivity contribution is 0.628. The number of hydrogen-bond donors (Lipinski definition) is 1. The number of aromatic amines is 1. The zero-order valence-corrected chi connectivity index (χ0v) is 13.9. The second-order valence-corrected chi connectivity index (χ2v) is 6.10. The van der Waals surface area contributed by atoms with Gasteiger partial charge in [0, 0.05) is 16.7 Å². The highest BCUT2D eigenvalue weighted by atomic mass is 79.9. The zero-order chi connectivity index (χ0) is 15.9. The molecule has 3 aromatic rings. The van der Waals surface area contributed by atoms with Crippen LogP contribution in [0.4, 0.5) is 8.78 Å². The van der Waals surface area contributed by atoms with Crippen molar-refractivity contribution in [1.29, 1.82) is 0 Å². The van der Waals surface area contributed by atoms with Crippen molar-refractivity contribution in [3.63, 3.8) is 0 Å². The number of rotatable bonds is 2. The minimum Gasteiger partial charge on any atom is -0.270 e. The van der Waals surface area contributed by atoms with E-state index in [0.717, 1.165) is 0 Å². The van der Waals surface area contributed by atoms with Gasteiger partial charge in [0.1, 0.15) is 21.9 Å². The van der Waals surface area contributed by atoms with E-state index < -0.39 is 11.6 Å². The second kappa shape index (κ2) is 5.99. The summed E-state index contributed by atoms with van der Waals surface area (Å²) in [5.74, 6) is -1.09. The average Bonchev–Trinajstić information content (AvgIpc) is 2.87. The van der Waals surface area contributed by atoms with Crippen LogP contribution in [0.15, 0.2) is 41.0 Å². The highest BCUT2D eigenvalue weighted by Gasteiger charge is 2.20. The van der Waals surface area contributed by atoms with Crippen LogP contribution in [0.1, 0.15) is 0 Å². The summed E-state index contributed by atoms with van der Waals surface area (Å²) in [5.41, 5.74) is 1.77. The third-order valence-electron chi connectivity index (χ3n) is 3.14. The molecule has 1 aromatic heterocycles. The van der Waals surface area contributed by atoms with Gasteiger partial charge in [-0.15, -0.1) is 0 Å². The minimum atomic E-state index is -0.555. The first kappa shape index (κ1) is 15.5. The van der Waals surface area contributed by atoms with Crippen LogP contribution in [0.5, 0.6) is 0 Å². The lowest BCUT2D eigenvalue weighted by Gasteiger charge is -2.07. The number of H-pyrrole nitrogens is 1. The largest absolute Gasteiger partial charge is 0.270 e. The molecule has 0 fully saturated rings. The van der Waals surface area contributed by atoms with Crippen LogP contribution < -0.4 is 0 Å². The molecule has 2 aromatic carbocycles. The van der Waals surface area contributed by atoms with E-state index in [4.69, 9.17) is 23.2 Å². The summed E-state index contributed by atoms with van der Waals surface area (Å²) in [6, 6.07) is 8.88. The molecule has 112 valence electrons. The first-order valence-electron chi connectivity index (χ1n) is 6.12. The van der Waals surface area contributed by atoms with Gasteiger partial charge in [0.25, 0.3) is 0 Å². The number of nitrogens with one attached hydrogen (secondary N) is 1. The number of benzene rings is 2. The molecule has 0 aliphatic heterocycles. The molecule has 22 heavy (non-hydrogen) atoms. The van der Waals surface area contributed by atoms with Crippen molar-refractivity contribution < 1.29 is 8.78 Å². The van der Waals surface area contributed by atoms with Gasteiger partial charge >= 0.3 is 0 Å². The van der Waals surface area contributed by atoms with E-state index in [1.807, 2.05) is 0 Å². The number of aromatic nitrogens is 2. The van der Waals surface area contributed by atoms with Crippen molar-refractivity contribution in [2.24, 2.45) is 0 Å². The molecule has 0 atom stereocenters. The Bertz CT molecular complexity index is 865. The maximum atomic E-state index is 14.3. The summed E-state index contributed by atoms with van der Waals surface area (Å²) in [4.78, 5) is 0. The summed E-state index contributed by atoms with van der Waals surface area (Å²) in [6.45, 7) is 0. The van der Waals surface area contributed by atoms with Gasteiger partial charge in [-0.2, -0.15) is 5.10 Å².